The SMILES string of the molecule is CC/C=C1\CN[C@@H](C)COc2ccccc2CCCNC(=O)C(CN)NC(=C2CCC2)CN1.CCC.Cc1cccc(F)c1. The lowest BCUT2D eigenvalue weighted by Gasteiger charge is -2.28. The molecule has 1 heterocycles. The molecule has 1 fully saturated rings. The van der Waals surface area contributed by atoms with Crippen molar-refractivity contribution in [1.82, 2.24) is 21.3 Å². The number of halogens is 1. The number of aryl methyl sites for hydroxylation is 2. The van der Waals surface area contributed by atoms with Gasteiger partial charge in [-0.3, -0.25) is 4.79 Å². The number of para-hydroxylation sites is 1. The van der Waals surface area contributed by atoms with E-state index in [2.05, 4.69) is 61.1 Å². The standard InChI is InChI=1S/C26H41N5O2.C7H7F.C3H8/c1-3-8-22-16-29-19(2)18-33-25-13-5-4-9-21(25)12-7-14-28-26(32)23(15-27)31-24(17-30-22)20-10-6-11-20;1-6-3-2-4-7(8)5-6;1-3-2/h4-5,8-9,13,19,23,29-31H,3,6-7,10-12,14-18,27H2,1-2H3,(H,28,32);2-5H,1H3;3H2,1-2H3/b22-8+;;/t19-,23?;;/m0../s1. The third kappa shape index (κ3) is 14.0. The van der Waals surface area contributed by atoms with E-state index in [-0.39, 0.29) is 24.3 Å². The quantitative estimate of drug-likeness (QED) is 0.291. The Hall–Kier alpha value is -3.36. The number of hydrogen-bond acceptors (Lipinski definition) is 6. The predicted octanol–water partition coefficient (Wildman–Crippen LogP) is 5.89. The molecule has 1 aliphatic carbocycles. The number of nitrogens with two attached hydrogens (primary N) is 1. The Morgan fingerprint density at radius 1 is 1.00 bits per heavy atom. The van der Waals surface area contributed by atoms with Gasteiger partial charge in [0, 0.05) is 37.1 Å². The Balaban J connectivity index is 0.000000518. The van der Waals surface area contributed by atoms with Gasteiger partial charge in [0.25, 0.3) is 0 Å². The van der Waals surface area contributed by atoms with E-state index in [4.69, 9.17) is 10.5 Å². The zero-order valence-corrected chi connectivity index (χ0v) is 27.6. The van der Waals surface area contributed by atoms with E-state index in [1.807, 2.05) is 31.2 Å². The van der Waals surface area contributed by atoms with Crippen molar-refractivity contribution in [2.75, 3.05) is 32.8 Å². The van der Waals surface area contributed by atoms with Crippen molar-refractivity contribution in [3.05, 3.63) is 88.5 Å². The predicted molar refractivity (Wildman–Crippen MR) is 181 cm³/mol. The minimum atomic E-state index is -0.429. The van der Waals surface area contributed by atoms with Crippen LogP contribution in [0.4, 0.5) is 4.39 Å². The molecule has 0 spiro atoms. The molecule has 0 radical (unpaired) electrons. The third-order valence-electron chi connectivity index (χ3n) is 7.23. The average molecular weight is 610 g/mol. The van der Waals surface area contributed by atoms with Gasteiger partial charge >= 0.3 is 0 Å². The number of ether oxygens (including phenoxy) is 1. The molecule has 244 valence electrons. The van der Waals surface area contributed by atoms with Crippen molar-refractivity contribution in [3.8, 4) is 5.75 Å². The fraction of sp³-hybridized carbons (Fsp3) is 0.528. The zero-order valence-electron chi connectivity index (χ0n) is 27.6. The minimum Gasteiger partial charge on any atom is -0.492 e. The summed E-state index contributed by atoms with van der Waals surface area (Å²) in [4.78, 5) is 12.8. The van der Waals surface area contributed by atoms with Crippen LogP contribution >= 0.6 is 0 Å². The van der Waals surface area contributed by atoms with E-state index in [1.165, 1.54) is 36.1 Å². The summed E-state index contributed by atoms with van der Waals surface area (Å²) in [5.74, 6) is 0.713. The van der Waals surface area contributed by atoms with Crippen LogP contribution in [-0.2, 0) is 11.2 Å². The Labute approximate surface area is 265 Å². The van der Waals surface area contributed by atoms with Crippen LogP contribution < -0.4 is 31.7 Å². The van der Waals surface area contributed by atoms with E-state index >= 15 is 0 Å². The topological polar surface area (TPSA) is 100 Å². The maximum Gasteiger partial charge on any atom is 0.243 e. The van der Waals surface area contributed by atoms with Crippen molar-refractivity contribution < 1.29 is 13.9 Å². The van der Waals surface area contributed by atoms with E-state index < -0.39 is 6.04 Å². The van der Waals surface area contributed by atoms with Crippen LogP contribution in [0.25, 0.3) is 0 Å². The number of nitrogens with one attached hydrogen (secondary N) is 4. The summed E-state index contributed by atoms with van der Waals surface area (Å²) in [6.45, 7) is 13.3. The van der Waals surface area contributed by atoms with Gasteiger partial charge in [-0.1, -0.05) is 63.6 Å². The molecule has 1 amide bonds. The van der Waals surface area contributed by atoms with Crippen LogP contribution in [-0.4, -0.2) is 50.8 Å². The maximum atomic E-state index is 12.8. The number of fused-ring (bicyclic) bond motifs is 1. The molecule has 0 aromatic heterocycles. The second-order valence-corrected chi connectivity index (χ2v) is 11.5. The number of amides is 1. The van der Waals surface area contributed by atoms with Gasteiger partial charge in [0.2, 0.25) is 5.91 Å². The van der Waals surface area contributed by atoms with Crippen LogP contribution in [0.5, 0.6) is 5.75 Å². The Bertz CT molecular complexity index is 1160. The number of hydrogen-bond donors (Lipinski definition) is 5. The first kappa shape index (κ1) is 36.8. The average Bonchev–Trinajstić information content (AvgIpc) is 2.97. The lowest BCUT2D eigenvalue weighted by atomic mass is 9.90. The first-order valence-electron chi connectivity index (χ1n) is 16.3. The molecule has 8 heteroatoms. The van der Waals surface area contributed by atoms with E-state index in [0.717, 1.165) is 61.4 Å². The van der Waals surface area contributed by atoms with Gasteiger partial charge in [-0.25, -0.2) is 4.39 Å². The fourth-order valence-corrected chi connectivity index (χ4v) is 4.66. The van der Waals surface area contributed by atoms with Gasteiger partial charge < -0.3 is 31.7 Å². The summed E-state index contributed by atoms with van der Waals surface area (Å²) in [7, 11) is 0. The van der Waals surface area contributed by atoms with E-state index in [1.54, 1.807) is 6.07 Å². The van der Waals surface area contributed by atoms with Crippen molar-refractivity contribution in [1.29, 1.82) is 0 Å². The molecule has 4 rings (SSSR count). The van der Waals surface area contributed by atoms with Gasteiger partial charge in [-0.2, -0.15) is 0 Å². The number of rotatable bonds is 2. The Morgan fingerprint density at radius 2 is 1.75 bits per heavy atom. The number of allylic oxidation sites excluding steroid dienone is 2. The summed E-state index contributed by atoms with van der Waals surface area (Å²) in [5.41, 5.74) is 11.8. The molecular formula is C36H56FN5O2. The smallest absolute Gasteiger partial charge is 0.243 e. The van der Waals surface area contributed by atoms with Crippen molar-refractivity contribution in [2.24, 2.45) is 5.73 Å². The highest BCUT2D eigenvalue weighted by molar-refractivity contribution is 5.82. The molecule has 44 heavy (non-hydrogen) atoms. The molecule has 7 nitrogen and oxygen atoms in total. The van der Waals surface area contributed by atoms with E-state index in [0.29, 0.717) is 19.7 Å². The molecule has 0 bridgehead atoms. The summed E-state index contributed by atoms with van der Waals surface area (Å²) in [5, 5.41) is 13.7. The monoisotopic (exact) mass is 609 g/mol. The van der Waals surface area contributed by atoms with Gasteiger partial charge in [-0.05, 0) is 87.3 Å². The lowest BCUT2D eigenvalue weighted by Crippen LogP contribution is -2.50. The molecule has 6 N–H and O–H groups in total. The van der Waals surface area contributed by atoms with Crippen LogP contribution in [0.15, 0.2) is 71.6 Å². The second kappa shape index (κ2) is 21.4. The number of benzene rings is 2. The highest BCUT2D eigenvalue weighted by Gasteiger charge is 2.22. The normalized spacial score (nSPS) is 20.7. The van der Waals surface area contributed by atoms with Gasteiger partial charge in [0.05, 0.1) is 6.54 Å². The zero-order chi connectivity index (χ0) is 32.2. The molecule has 2 aromatic carbocycles. The molecule has 1 saturated carbocycles. The highest BCUT2D eigenvalue weighted by Crippen LogP contribution is 2.28. The molecule has 2 aromatic rings. The molecule has 2 atom stereocenters. The third-order valence-corrected chi connectivity index (χ3v) is 7.23. The first-order valence-corrected chi connectivity index (χ1v) is 16.3. The van der Waals surface area contributed by atoms with Crippen molar-refractivity contribution >= 4 is 5.91 Å². The van der Waals surface area contributed by atoms with Gasteiger partial charge in [0.15, 0.2) is 0 Å². The molecule has 2 aliphatic rings. The van der Waals surface area contributed by atoms with Crippen LogP contribution in [0.2, 0.25) is 0 Å². The van der Waals surface area contributed by atoms with Crippen LogP contribution in [0.3, 0.4) is 0 Å². The molecule has 1 unspecified atom stereocenters. The van der Waals surface area contributed by atoms with Crippen LogP contribution in [0, 0.1) is 12.7 Å². The van der Waals surface area contributed by atoms with E-state index in [9.17, 15) is 9.18 Å². The summed E-state index contributed by atoms with van der Waals surface area (Å²) in [6, 6.07) is 14.4. The molecule has 0 saturated heterocycles. The Morgan fingerprint density at radius 3 is 2.36 bits per heavy atom. The second-order valence-electron chi connectivity index (χ2n) is 11.5. The lowest BCUT2D eigenvalue weighted by molar-refractivity contribution is -0.122. The number of carbonyl (C=O) groups excluding carboxylic acids is 1. The molecule has 1 aliphatic heterocycles. The largest absolute Gasteiger partial charge is 0.492 e. The Kier molecular flexibility index (Phi) is 17.9. The summed E-state index contributed by atoms with van der Waals surface area (Å²) < 4.78 is 18.3. The first-order chi connectivity index (χ1) is 21.3. The van der Waals surface area contributed by atoms with Crippen LogP contribution in [0.1, 0.15) is 77.3 Å². The summed E-state index contributed by atoms with van der Waals surface area (Å²) >= 11 is 0. The van der Waals surface area contributed by atoms with Gasteiger partial charge in [-0.15, -0.1) is 0 Å². The summed E-state index contributed by atoms with van der Waals surface area (Å²) in [6.07, 6.45) is 9.49. The molecular weight excluding hydrogens is 553 g/mol. The van der Waals surface area contributed by atoms with Gasteiger partial charge in [0.1, 0.15) is 24.2 Å². The van der Waals surface area contributed by atoms with Crippen molar-refractivity contribution in [3.63, 3.8) is 0 Å². The maximum absolute atomic E-state index is 12.8. The minimum absolute atomic E-state index is 0.0413. The van der Waals surface area contributed by atoms with Crippen molar-refractivity contribution in [2.45, 2.75) is 91.6 Å². The number of carbonyl (C=O) groups is 1. The highest BCUT2D eigenvalue weighted by atomic mass is 19.1. The fourth-order valence-electron chi connectivity index (χ4n) is 4.66.